The Morgan fingerprint density at radius 2 is 2.21 bits per heavy atom. The molecule has 0 spiro atoms. The molecule has 0 bridgehead atoms. The maximum absolute atomic E-state index is 12.8. The van der Waals surface area contributed by atoms with Crippen molar-refractivity contribution in [2.45, 2.75) is 51.1 Å². The van der Waals surface area contributed by atoms with E-state index in [1.54, 1.807) is 0 Å². The fourth-order valence-electron chi connectivity index (χ4n) is 3.07. The van der Waals surface area contributed by atoms with E-state index in [9.17, 15) is 4.79 Å². The lowest BCUT2D eigenvalue weighted by Crippen LogP contribution is -2.40. The molecule has 6 heteroatoms. The number of amides is 1. The molecule has 1 N–H and O–H groups in total. The van der Waals surface area contributed by atoms with Crippen molar-refractivity contribution in [3.8, 4) is 0 Å². The van der Waals surface area contributed by atoms with Crippen LogP contribution in [-0.2, 0) is 11.3 Å². The number of halogens is 1. The minimum Gasteiger partial charge on any atom is -0.334 e. The molecule has 0 aliphatic carbocycles. The van der Waals surface area contributed by atoms with Gasteiger partial charge in [0.05, 0.1) is 12.2 Å². The molecule has 1 aromatic heterocycles. The van der Waals surface area contributed by atoms with E-state index in [4.69, 9.17) is 0 Å². The van der Waals surface area contributed by atoms with E-state index in [0.717, 1.165) is 56.6 Å². The molecule has 2 rings (SSSR count). The summed E-state index contributed by atoms with van der Waals surface area (Å²) in [5.74, 6) is 1.43. The lowest BCUT2D eigenvalue weighted by atomic mass is 10.1. The maximum Gasteiger partial charge on any atom is 0.223 e. The van der Waals surface area contributed by atoms with Gasteiger partial charge in [-0.2, -0.15) is 11.8 Å². The normalized spacial score (nSPS) is 17.6. The van der Waals surface area contributed by atoms with Gasteiger partial charge in [-0.1, -0.05) is 6.07 Å². The SMILES string of the molecule is CSCCCCC(=O)N(Cc1ccccn1)C1CCCNCC1.Cl. The van der Waals surface area contributed by atoms with Crippen molar-refractivity contribution in [3.05, 3.63) is 30.1 Å². The number of nitrogens with one attached hydrogen (secondary N) is 1. The van der Waals surface area contributed by atoms with E-state index in [-0.39, 0.29) is 12.4 Å². The molecule has 4 nitrogen and oxygen atoms in total. The average molecular weight is 372 g/mol. The second-order valence-corrected chi connectivity index (χ2v) is 7.11. The van der Waals surface area contributed by atoms with Gasteiger partial charge in [0.2, 0.25) is 5.91 Å². The molecule has 1 fully saturated rings. The molecule has 1 aliphatic heterocycles. The summed E-state index contributed by atoms with van der Waals surface area (Å²) in [4.78, 5) is 19.3. The summed E-state index contributed by atoms with van der Waals surface area (Å²) in [6.45, 7) is 2.71. The molecular formula is C18H30ClN3OS. The van der Waals surface area contributed by atoms with Crippen molar-refractivity contribution < 1.29 is 4.79 Å². The standard InChI is InChI=1S/C18H29N3OS.ClH/c1-23-14-5-3-9-18(22)21(15-16-7-2-4-12-20-16)17-8-6-11-19-13-10-17;/h2,4,7,12,17,19H,3,5-6,8-11,13-15H2,1H3;1H. The van der Waals surface area contributed by atoms with Crippen molar-refractivity contribution in [3.63, 3.8) is 0 Å². The number of carbonyl (C=O) groups excluding carboxylic acids is 1. The summed E-state index contributed by atoms with van der Waals surface area (Å²) in [6, 6.07) is 6.29. The molecule has 0 radical (unpaired) electrons. The minimum absolute atomic E-state index is 0. The molecule has 1 aromatic rings. The Balaban J connectivity index is 0.00000288. The summed E-state index contributed by atoms with van der Waals surface area (Å²) < 4.78 is 0. The van der Waals surface area contributed by atoms with Crippen LogP contribution in [0.15, 0.2) is 24.4 Å². The largest absolute Gasteiger partial charge is 0.334 e. The van der Waals surface area contributed by atoms with Gasteiger partial charge in [0, 0.05) is 18.7 Å². The fourth-order valence-corrected chi connectivity index (χ4v) is 3.56. The number of pyridine rings is 1. The topological polar surface area (TPSA) is 45.2 Å². The van der Waals surface area contributed by atoms with E-state index < -0.39 is 0 Å². The number of carbonyl (C=O) groups is 1. The highest BCUT2D eigenvalue weighted by Gasteiger charge is 2.24. The summed E-state index contributed by atoms with van der Waals surface area (Å²) >= 11 is 1.85. The first-order chi connectivity index (χ1) is 11.3. The fraction of sp³-hybridized carbons (Fsp3) is 0.667. The van der Waals surface area contributed by atoms with Crippen LogP contribution < -0.4 is 5.32 Å². The van der Waals surface area contributed by atoms with Crippen LogP contribution in [0.4, 0.5) is 0 Å². The zero-order valence-electron chi connectivity index (χ0n) is 14.6. The quantitative estimate of drug-likeness (QED) is 0.710. The molecule has 1 atom stereocenters. The number of unbranched alkanes of at least 4 members (excludes halogenated alkanes) is 1. The van der Waals surface area contributed by atoms with Gasteiger partial charge >= 0.3 is 0 Å². The molecule has 1 saturated heterocycles. The van der Waals surface area contributed by atoms with Gasteiger partial charge in [-0.3, -0.25) is 9.78 Å². The van der Waals surface area contributed by atoms with Crippen LogP contribution in [0.1, 0.15) is 44.2 Å². The van der Waals surface area contributed by atoms with Crippen molar-refractivity contribution in [1.82, 2.24) is 15.2 Å². The second-order valence-electron chi connectivity index (χ2n) is 6.13. The Bertz CT molecular complexity index is 453. The van der Waals surface area contributed by atoms with Gasteiger partial charge in [0.25, 0.3) is 0 Å². The Labute approximate surface area is 156 Å². The van der Waals surface area contributed by atoms with E-state index in [1.165, 1.54) is 0 Å². The van der Waals surface area contributed by atoms with Crippen molar-refractivity contribution in [2.24, 2.45) is 0 Å². The lowest BCUT2D eigenvalue weighted by Gasteiger charge is -2.31. The van der Waals surface area contributed by atoms with Gasteiger partial charge in [-0.15, -0.1) is 12.4 Å². The molecule has 2 heterocycles. The zero-order valence-corrected chi connectivity index (χ0v) is 16.2. The number of aromatic nitrogens is 1. The Hall–Kier alpha value is -0.780. The van der Waals surface area contributed by atoms with E-state index in [2.05, 4.69) is 21.5 Å². The summed E-state index contributed by atoms with van der Waals surface area (Å²) in [5.41, 5.74) is 0.988. The lowest BCUT2D eigenvalue weighted by molar-refractivity contribution is -0.134. The van der Waals surface area contributed by atoms with Gasteiger partial charge < -0.3 is 10.2 Å². The van der Waals surface area contributed by atoms with Gasteiger partial charge in [-0.25, -0.2) is 0 Å². The van der Waals surface area contributed by atoms with Crippen molar-refractivity contribution in [2.75, 3.05) is 25.1 Å². The molecule has 24 heavy (non-hydrogen) atoms. The summed E-state index contributed by atoms with van der Waals surface area (Å²) in [6.07, 6.45) is 9.99. The Kier molecular flexibility index (Phi) is 11.1. The van der Waals surface area contributed by atoms with Gasteiger partial charge in [-0.05, 0) is 69.3 Å². The van der Waals surface area contributed by atoms with Crippen LogP contribution in [0.2, 0.25) is 0 Å². The van der Waals surface area contributed by atoms with Gasteiger partial charge in [0.15, 0.2) is 0 Å². The molecular weight excluding hydrogens is 342 g/mol. The number of rotatable bonds is 8. The monoisotopic (exact) mass is 371 g/mol. The van der Waals surface area contributed by atoms with E-state index in [0.29, 0.717) is 24.9 Å². The Morgan fingerprint density at radius 3 is 2.96 bits per heavy atom. The highest BCUT2D eigenvalue weighted by Crippen LogP contribution is 2.18. The molecule has 1 aliphatic rings. The second kappa shape index (κ2) is 12.6. The third-order valence-corrected chi connectivity index (χ3v) is 5.05. The number of hydrogen-bond donors (Lipinski definition) is 1. The van der Waals surface area contributed by atoms with Gasteiger partial charge in [0.1, 0.15) is 0 Å². The van der Waals surface area contributed by atoms with Crippen molar-refractivity contribution >= 4 is 30.1 Å². The van der Waals surface area contributed by atoms with Crippen LogP contribution in [-0.4, -0.2) is 46.9 Å². The zero-order chi connectivity index (χ0) is 16.3. The first kappa shape index (κ1) is 21.3. The predicted octanol–water partition coefficient (Wildman–Crippen LogP) is 3.51. The Morgan fingerprint density at radius 1 is 1.33 bits per heavy atom. The smallest absolute Gasteiger partial charge is 0.223 e. The molecule has 0 aromatic carbocycles. The highest BCUT2D eigenvalue weighted by molar-refractivity contribution is 7.98. The molecule has 136 valence electrons. The molecule has 0 saturated carbocycles. The molecule has 1 amide bonds. The van der Waals surface area contributed by atoms with Crippen molar-refractivity contribution in [1.29, 1.82) is 0 Å². The van der Waals surface area contributed by atoms with Crippen LogP contribution in [0.3, 0.4) is 0 Å². The highest BCUT2D eigenvalue weighted by atomic mass is 35.5. The molecule has 1 unspecified atom stereocenters. The number of thioether (sulfide) groups is 1. The third kappa shape index (κ3) is 7.41. The summed E-state index contributed by atoms with van der Waals surface area (Å²) in [7, 11) is 0. The third-order valence-electron chi connectivity index (χ3n) is 4.35. The van der Waals surface area contributed by atoms with Crippen LogP contribution in [0.25, 0.3) is 0 Å². The predicted molar refractivity (Wildman–Crippen MR) is 105 cm³/mol. The first-order valence-corrected chi connectivity index (χ1v) is 10.1. The van der Waals surface area contributed by atoms with E-state index in [1.807, 2.05) is 36.2 Å². The van der Waals surface area contributed by atoms with E-state index >= 15 is 0 Å². The summed E-state index contributed by atoms with van der Waals surface area (Å²) in [5, 5.41) is 3.44. The maximum atomic E-state index is 12.8. The average Bonchev–Trinajstić information content (AvgIpc) is 2.86. The van der Waals surface area contributed by atoms with Crippen LogP contribution in [0.5, 0.6) is 0 Å². The van der Waals surface area contributed by atoms with Crippen LogP contribution in [0, 0.1) is 0 Å². The number of hydrogen-bond acceptors (Lipinski definition) is 4. The number of nitrogens with zero attached hydrogens (tertiary/aromatic N) is 2. The first-order valence-electron chi connectivity index (χ1n) is 8.70. The van der Waals surface area contributed by atoms with Crippen LogP contribution >= 0.6 is 24.2 Å². The minimum atomic E-state index is 0.